The van der Waals surface area contributed by atoms with E-state index in [9.17, 15) is 4.79 Å². The van der Waals surface area contributed by atoms with Gasteiger partial charge in [-0.3, -0.25) is 4.79 Å². The maximum Gasteiger partial charge on any atom is 0.227 e. The highest BCUT2D eigenvalue weighted by molar-refractivity contribution is 5.76. The SMILES string of the molecule is COc1cc(CNC(=O)CCc2nc(C)no2)ccc1OCc1ccccc1. The Labute approximate surface area is 163 Å². The summed E-state index contributed by atoms with van der Waals surface area (Å²) in [6.07, 6.45) is 0.708. The van der Waals surface area contributed by atoms with Gasteiger partial charge in [-0.25, -0.2) is 0 Å². The summed E-state index contributed by atoms with van der Waals surface area (Å²) < 4.78 is 16.3. The maximum atomic E-state index is 12.0. The van der Waals surface area contributed by atoms with Crippen molar-refractivity contribution < 1.29 is 18.8 Å². The molecule has 0 saturated heterocycles. The molecule has 0 spiro atoms. The largest absolute Gasteiger partial charge is 0.493 e. The lowest BCUT2D eigenvalue weighted by atomic mass is 10.2. The standard InChI is InChI=1S/C21H23N3O4/c1-15-23-21(28-24-15)11-10-20(25)22-13-17-8-9-18(19(12-17)26-2)27-14-16-6-4-3-5-7-16/h3-9,12H,10-11,13-14H2,1-2H3,(H,22,25). The second-order valence-corrected chi connectivity index (χ2v) is 6.27. The van der Waals surface area contributed by atoms with Crippen LogP contribution >= 0.6 is 0 Å². The van der Waals surface area contributed by atoms with Crippen LogP contribution in [-0.2, 0) is 24.4 Å². The molecule has 7 nitrogen and oxygen atoms in total. The minimum absolute atomic E-state index is 0.0841. The fourth-order valence-corrected chi connectivity index (χ4v) is 2.63. The van der Waals surface area contributed by atoms with E-state index in [0.29, 0.717) is 42.8 Å². The Kier molecular flexibility index (Phi) is 6.62. The first-order chi connectivity index (χ1) is 13.6. The van der Waals surface area contributed by atoms with E-state index in [1.165, 1.54) is 0 Å². The Morgan fingerprint density at radius 1 is 1.11 bits per heavy atom. The zero-order valence-electron chi connectivity index (χ0n) is 16.0. The molecule has 1 amide bonds. The van der Waals surface area contributed by atoms with E-state index in [2.05, 4.69) is 15.5 Å². The van der Waals surface area contributed by atoms with Gasteiger partial charge in [0.1, 0.15) is 6.61 Å². The molecular weight excluding hydrogens is 358 g/mol. The number of hydrogen-bond acceptors (Lipinski definition) is 6. The second kappa shape index (κ2) is 9.55. The van der Waals surface area contributed by atoms with Crippen molar-refractivity contribution in [1.82, 2.24) is 15.5 Å². The van der Waals surface area contributed by atoms with Gasteiger partial charge in [-0.1, -0.05) is 41.6 Å². The summed E-state index contributed by atoms with van der Waals surface area (Å²) in [6, 6.07) is 15.5. The molecule has 0 radical (unpaired) electrons. The minimum atomic E-state index is -0.0841. The van der Waals surface area contributed by atoms with E-state index in [4.69, 9.17) is 14.0 Å². The molecule has 0 aliphatic heterocycles. The van der Waals surface area contributed by atoms with Crippen molar-refractivity contribution in [3.05, 3.63) is 71.4 Å². The number of aromatic nitrogens is 2. The van der Waals surface area contributed by atoms with Crippen molar-refractivity contribution >= 4 is 5.91 Å². The Bertz CT molecular complexity index is 909. The van der Waals surface area contributed by atoms with E-state index in [1.807, 2.05) is 48.5 Å². The summed E-state index contributed by atoms with van der Waals surface area (Å²) in [7, 11) is 1.60. The van der Waals surface area contributed by atoms with Gasteiger partial charge in [0.15, 0.2) is 17.3 Å². The van der Waals surface area contributed by atoms with Crippen LogP contribution in [0.4, 0.5) is 0 Å². The van der Waals surface area contributed by atoms with E-state index < -0.39 is 0 Å². The van der Waals surface area contributed by atoms with E-state index >= 15 is 0 Å². The third-order valence-corrected chi connectivity index (χ3v) is 4.09. The number of ether oxygens (including phenoxy) is 2. The first-order valence-corrected chi connectivity index (χ1v) is 9.03. The van der Waals surface area contributed by atoms with Crippen LogP contribution in [0.25, 0.3) is 0 Å². The Morgan fingerprint density at radius 2 is 1.93 bits per heavy atom. The van der Waals surface area contributed by atoms with Gasteiger partial charge < -0.3 is 19.3 Å². The molecule has 1 N–H and O–H groups in total. The summed E-state index contributed by atoms with van der Waals surface area (Å²) >= 11 is 0. The zero-order valence-corrected chi connectivity index (χ0v) is 16.0. The van der Waals surface area contributed by atoms with Crippen molar-refractivity contribution in [3.8, 4) is 11.5 Å². The molecule has 1 heterocycles. The van der Waals surface area contributed by atoms with Crippen molar-refractivity contribution in [3.63, 3.8) is 0 Å². The fraction of sp³-hybridized carbons (Fsp3) is 0.286. The molecule has 0 aliphatic carbocycles. The number of hydrogen-bond donors (Lipinski definition) is 1. The van der Waals surface area contributed by atoms with Gasteiger partial charge in [-0.2, -0.15) is 4.98 Å². The highest BCUT2D eigenvalue weighted by Gasteiger charge is 2.09. The predicted octanol–water partition coefficient (Wildman–Crippen LogP) is 3.21. The van der Waals surface area contributed by atoms with Gasteiger partial charge in [0, 0.05) is 19.4 Å². The van der Waals surface area contributed by atoms with Crippen LogP contribution in [-0.4, -0.2) is 23.2 Å². The third kappa shape index (κ3) is 5.57. The number of rotatable bonds is 9. The quantitative estimate of drug-likeness (QED) is 0.612. The molecule has 146 valence electrons. The van der Waals surface area contributed by atoms with Crippen molar-refractivity contribution in [2.45, 2.75) is 32.9 Å². The fourth-order valence-electron chi connectivity index (χ4n) is 2.63. The van der Waals surface area contributed by atoms with Gasteiger partial charge in [0.2, 0.25) is 11.8 Å². The number of aryl methyl sites for hydroxylation is 2. The lowest BCUT2D eigenvalue weighted by Gasteiger charge is -2.13. The lowest BCUT2D eigenvalue weighted by molar-refractivity contribution is -0.121. The molecule has 3 aromatic rings. The average molecular weight is 381 g/mol. The number of benzene rings is 2. The summed E-state index contributed by atoms with van der Waals surface area (Å²) in [5.41, 5.74) is 2.00. The Morgan fingerprint density at radius 3 is 2.64 bits per heavy atom. The molecule has 0 unspecified atom stereocenters. The maximum absolute atomic E-state index is 12.0. The second-order valence-electron chi connectivity index (χ2n) is 6.27. The Balaban J connectivity index is 1.50. The van der Waals surface area contributed by atoms with Crippen LogP contribution in [0.2, 0.25) is 0 Å². The minimum Gasteiger partial charge on any atom is -0.493 e. The predicted molar refractivity (Wildman–Crippen MR) is 103 cm³/mol. The van der Waals surface area contributed by atoms with Crippen molar-refractivity contribution in [1.29, 1.82) is 0 Å². The summed E-state index contributed by atoms with van der Waals surface area (Å²) in [6.45, 7) is 2.60. The van der Waals surface area contributed by atoms with Crippen LogP contribution in [0.1, 0.15) is 29.3 Å². The molecule has 0 aliphatic rings. The monoisotopic (exact) mass is 381 g/mol. The van der Waals surface area contributed by atoms with Gasteiger partial charge in [0.05, 0.1) is 7.11 Å². The molecular formula is C21H23N3O4. The normalized spacial score (nSPS) is 10.5. The summed E-state index contributed by atoms with van der Waals surface area (Å²) in [5.74, 6) is 2.24. The van der Waals surface area contributed by atoms with Crippen molar-refractivity contribution in [2.24, 2.45) is 0 Å². The number of carbonyl (C=O) groups excluding carboxylic acids is 1. The van der Waals surface area contributed by atoms with E-state index in [1.54, 1.807) is 14.0 Å². The van der Waals surface area contributed by atoms with Crippen LogP contribution in [0.15, 0.2) is 53.1 Å². The molecule has 3 rings (SSSR count). The molecule has 0 atom stereocenters. The third-order valence-electron chi connectivity index (χ3n) is 4.09. The lowest BCUT2D eigenvalue weighted by Crippen LogP contribution is -2.23. The summed E-state index contributed by atoms with van der Waals surface area (Å²) in [4.78, 5) is 16.1. The molecule has 7 heteroatoms. The van der Waals surface area contributed by atoms with Crippen LogP contribution in [0.5, 0.6) is 11.5 Å². The number of nitrogens with one attached hydrogen (secondary N) is 1. The van der Waals surface area contributed by atoms with Gasteiger partial charge in [-0.15, -0.1) is 0 Å². The first kappa shape index (κ1) is 19.4. The van der Waals surface area contributed by atoms with Gasteiger partial charge in [0.25, 0.3) is 0 Å². The smallest absolute Gasteiger partial charge is 0.227 e. The molecule has 0 fully saturated rings. The highest BCUT2D eigenvalue weighted by Crippen LogP contribution is 2.28. The van der Waals surface area contributed by atoms with Crippen LogP contribution in [0.3, 0.4) is 0 Å². The van der Waals surface area contributed by atoms with Crippen LogP contribution < -0.4 is 14.8 Å². The molecule has 2 aromatic carbocycles. The van der Waals surface area contributed by atoms with E-state index in [-0.39, 0.29) is 12.3 Å². The van der Waals surface area contributed by atoms with Crippen molar-refractivity contribution in [2.75, 3.05) is 7.11 Å². The summed E-state index contributed by atoms with van der Waals surface area (Å²) in [5, 5.41) is 6.59. The Hall–Kier alpha value is -3.35. The topological polar surface area (TPSA) is 86.5 Å². The first-order valence-electron chi connectivity index (χ1n) is 9.03. The highest BCUT2D eigenvalue weighted by atomic mass is 16.5. The molecule has 0 bridgehead atoms. The van der Waals surface area contributed by atoms with Crippen LogP contribution in [0, 0.1) is 6.92 Å². The number of amides is 1. The molecule has 28 heavy (non-hydrogen) atoms. The number of nitrogens with zero attached hydrogens (tertiary/aromatic N) is 2. The van der Waals surface area contributed by atoms with Gasteiger partial charge in [-0.05, 0) is 30.2 Å². The number of carbonyl (C=O) groups is 1. The average Bonchev–Trinajstić information content (AvgIpc) is 3.15. The van der Waals surface area contributed by atoms with Gasteiger partial charge >= 0.3 is 0 Å². The molecule has 0 saturated carbocycles. The number of methoxy groups -OCH3 is 1. The molecule has 1 aromatic heterocycles. The van der Waals surface area contributed by atoms with E-state index in [0.717, 1.165) is 11.1 Å². The zero-order chi connectivity index (χ0) is 19.8.